The average molecular weight is 414 g/mol. The Balaban J connectivity index is 1.62. The van der Waals surface area contributed by atoms with Gasteiger partial charge in [0.2, 0.25) is 11.1 Å². The fourth-order valence-corrected chi connectivity index (χ4v) is 3.02. The van der Waals surface area contributed by atoms with Crippen LogP contribution in [0.15, 0.2) is 53.7 Å². The lowest BCUT2D eigenvalue weighted by Crippen LogP contribution is -2.42. The van der Waals surface area contributed by atoms with E-state index in [9.17, 15) is 9.59 Å². The number of nitrogens with zero attached hydrogens (tertiary/aromatic N) is 4. The monoisotopic (exact) mass is 414 g/mol. The van der Waals surface area contributed by atoms with Gasteiger partial charge >= 0.3 is 0 Å². The molecule has 2 aromatic carbocycles. The summed E-state index contributed by atoms with van der Waals surface area (Å²) >= 11 is 1.10. The molecule has 0 fully saturated rings. The lowest BCUT2D eigenvalue weighted by atomic mass is 10.2. The van der Waals surface area contributed by atoms with Crippen molar-refractivity contribution >= 4 is 23.6 Å². The van der Waals surface area contributed by atoms with Crippen LogP contribution in [0.4, 0.5) is 0 Å². The van der Waals surface area contributed by atoms with Crippen molar-refractivity contribution in [3.05, 3.63) is 54.1 Å². The summed E-state index contributed by atoms with van der Waals surface area (Å²) in [7, 11) is 3.08. The molecule has 0 unspecified atom stereocenters. The Morgan fingerprint density at radius 2 is 1.86 bits per heavy atom. The predicted molar refractivity (Wildman–Crippen MR) is 105 cm³/mol. The Bertz CT molecular complexity index is 995. The van der Waals surface area contributed by atoms with Gasteiger partial charge in [0, 0.05) is 11.6 Å². The molecule has 0 bridgehead atoms. The Labute approximate surface area is 170 Å². The Morgan fingerprint density at radius 1 is 1.07 bits per heavy atom. The molecule has 3 aromatic rings. The van der Waals surface area contributed by atoms with Crippen molar-refractivity contribution in [3.8, 4) is 17.2 Å². The number of benzene rings is 2. The van der Waals surface area contributed by atoms with E-state index in [1.165, 1.54) is 11.8 Å². The van der Waals surface area contributed by atoms with Crippen molar-refractivity contribution in [2.24, 2.45) is 0 Å². The highest BCUT2D eigenvalue weighted by Crippen LogP contribution is 2.29. The predicted octanol–water partition coefficient (Wildman–Crippen LogP) is 1.23. The Hall–Kier alpha value is -3.60. The topological polar surface area (TPSA) is 120 Å². The Morgan fingerprint density at radius 3 is 2.59 bits per heavy atom. The molecule has 2 N–H and O–H groups in total. The maximum Gasteiger partial charge on any atom is 0.269 e. The van der Waals surface area contributed by atoms with Gasteiger partial charge in [-0.3, -0.25) is 20.4 Å². The van der Waals surface area contributed by atoms with Crippen molar-refractivity contribution in [1.29, 1.82) is 0 Å². The Kier molecular flexibility index (Phi) is 6.63. The highest BCUT2D eigenvalue weighted by atomic mass is 32.2. The second-order valence-electron chi connectivity index (χ2n) is 5.57. The van der Waals surface area contributed by atoms with E-state index in [1.54, 1.807) is 55.6 Å². The number of hydrazine groups is 1. The third-order valence-electron chi connectivity index (χ3n) is 3.74. The van der Waals surface area contributed by atoms with Gasteiger partial charge in [0.25, 0.3) is 5.91 Å². The molecule has 1 heterocycles. The maximum absolute atomic E-state index is 12.1. The van der Waals surface area contributed by atoms with Gasteiger partial charge in [-0.1, -0.05) is 30.0 Å². The first-order chi connectivity index (χ1) is 14.1. The number of amides is 2. The molecule has 0 aliphatic rings. The smallest absolute Gasteiger partial charge is 0.269 e. The van der Waals surface area contributed by atoms with Gasteiger partial charge < -0.3 is 9.47 Å². The minimum Gasteiger partial charge on any atom is -0.497 e. The van der Waals surface area contributed by atoms with Gasteiger partial charge in [-0.05, 0) is 34.7 Å². The van der Waals surface area contributed by atoms with Crippen molar-refractivity contribution in [2.75, 3.05) is 20.0 Å². The van der Waals surface area contributed by atoms with E-state index in [4.69, 9.17) is 9.47 Å². The second-order valence-corrected chi connectivity index (χ2v) is 6.51. The number of nitrogens with one attached hydrogen (secondary N) is 2. The molecular weight excluding hydrogens is 396 g/mol. The quantitative estimate of drug-likeness (QED) is 0.438. The van der Waals surface area contributed by atoms with Crippen LogP contribution in [0.3, 0.4) is 0 Å². The maximum atomic E-state index is 12.1. The summed E-state index contributed by atoms with van der Waals surface area (Å²) < 4.78 is 12.0. The van der Waals surface area contributed by atoms with Crippen molar-refractivity contribution in [1.82, 2.24) is 31.1 Å². The molecule has 150 valence electrons. The average Bonchev–Trinajstić information content (AvgIpc) is 3.24. The summed E-state index contributed by atoms with van der Waals surface area (Å²) in [4.78, 5) is 24.0. The van der Waals surface area contributed by atoms with Crippen LogP contribution in [0.2, 0.25) is 0 Å². The standard InChI is InChI=1S/C18H18N6O4S/c1-27-13-8-9-15(28-2)14(10-13)24-18(21-22-23-24)29-11-16(25)19-20-17(26)12-6-4-3-5-7-12/h3-10H,11H2,1-2H3,(H,19,25)(H,20,26). The molecule has 10 nitrogen and oxygen atoms in total. The fourth-order valence-electron chi connectivity index (χ4n) is 2.34. The zero-order valence-electron chi connectivity index (χ0n) is 15.7. The van der Waals surface area contributed by atoms with Gasteiger partial charge in [0.15, 0.2) is 0 Å². The van der Waals surface area contributed by atoms with Crippen LogP contribution in [0, 0.1) is 0 Å². The van der Waals surface area contributed by atoms with Crippen molar-refractivity contribution in [3.63, 3.8) is 0 Å². The van der Waals surface area contributed by atoms with Crippen LogP contribution in [0.1, 0.15) is 10.4 Å². The first-order valence-electron chi connectivity index (χ1n) is 8.40. The largest absolute Gasteiger partial charge is 0.497 e. The number of carbonyl (C=O) groups excluding carboxylic acids is 2. The summed E-state index contributed by atoms with van der Waals surface area (Å²) in [6.45, 7) is 0. The molecule has 29 heavy (non-hydrogen) atoms. The third-order valence-corrected chi connectivity index (χ3v) is 4.66. The highest BCUT2D eigenvalue weighted by Gasteiger charge is 2.16. The first kappa shape index (κ1) is 20.1. The summed E-state index contributed by atoms with van der Waals surface area (Å²) in [6, 6.07) is 13.8. The van der Waals surface area contributed by atoms with Crippen LogP contribution in [-0.2, 0) is 4.79 Å². The summed E-state index contributed by atoms with van der Waals surface area (Å²) in [5.41, 5.74) is 5.73. The zero-order chi connectivity index (χ0) is 20.6. The van der Waals surface area contributed by atoms with Crippen molar-refractivity contribution in [2.45, 2.75) is 5.16 Å². The highest BCUT2D eigenvalue weighted by molar-refractivity contribution is 7.99. The SMILES string of the molecule is COc1ccc(OC)c(-n2nnnc2SCC(=O)NNC(=O)c2ccccc2)c1. The second kappa shape index (κ2) is 9.55. The minimum atomic E-state index is -0.411. The van der Waals surface area contributed by atoms with Gasteiger partial charge in [-0.25, -0.2) is 0 Å². The molecule has 0 saturated heterocycles. The molecule has 0 radical (unpaired) electrons. The van der Waals surface area contributed by atoms with E-state index in [2.05, 4.69) is 26.4 Å². The number of methoxy groups -OCH3 is 2. The normalized spacial score (nSPS) is 10.3. The fraction of sp³-hybridized carbons (Fsp3) is 0.167. The summed E-state index contributed by atoms with van der Waals surface area (Å²) in [5.74, 6) is 0.316. The van der Waals surface area contributed by atoms with Gasteiger partial charge in [-0.2, -0.15) is 4.68 Å². The molecule has 0 aliphatic carbocycles. The summed E-state index contributed by atoms with van der Waals surface area (Å²) in [5, 5.41) is 11.9. The number of hydrogen-bond donors (Lipinski definition) is 2. The molecule has 0 saturated carbocycles. The molecule has 2 amide bonds. The zero-order valence-corrected chi connectivity index (χ0v) is 16.5. The molecule has 3 rings (SSSR count). The first-order valence-corrected chi connectivity index (χ1v) is 9.38. The van der Waals surface area contributed by atoms with Gasteiger partial charge in [0.05, 0.1) is 20.0 Å². The number of thioether (sulfide) groups is 1. The molecule has 0 aliphatic heterocycles. The number of ether oxygens (including phenoxy) is 2. The van der Waals surface area contributed by atoms with E-state index >= 15 is 0 Å². The molecular formula is C18H18N6O4S. The molecule has 11 heteroatoms. The van der Waals surface area contributed by atoms with Crippen LogP contribution in [0.25, 0.3) is 5.69 Å². The van der Waals surface area contributed by atoms with E-state index in [-0.39, 0.29) is 5.75 Å². The van der Waals surface area contributed by atoms with Crippen LogP contribution in [0.5, 0.6) is 11.5 Å². The van der Waals surface area contributed by atoms with Crippen LogP contribution >= 0.6 is 11.8 Å². The lowest BCUT2D eigenvalue weighted by Gasteiger charge is -2.11. The van der Waals surface area contributed by atoms with E-state index in [1.807, 2.05) is 0 Å². The number of tetrazole rings is 1. The van der Waals surface area contributed by atoms with Crippen molar-refractivity contribution < 1.29 is 19.1 Å². The molecule has 0 atom stereocenters. The summed E-state index contributed by atoms with van der Waals surface area (Å²) in [6.07, 6.45) is 0. The van der Waals surface area contributed by atoms with Gasteiger partial charge in [-0.15, -0.1) is 5.10 Å². The number of rotatable bonds is 7. The van der Waals surface area contributed by atoms with Crippen LogP contribution in [-0.4, -0.2) is 52.0 Å². The van der Waals surface area contributed by atoms with Gasteiger partial charge in [0.1, 0.15) is 17.2 Å². The number of carbonyl (C=O) groups is 2. The van der Waals surface area contributed by atoms with E-state index < -0.39 is 11.8 Å². The lowest BCUT2D eigenvalue weighted by molar-refractivity contribution is -0.119. The minimum absolute atomic E-state index is 0.0122. The number of aromatic nitrogens is 4. The third kappa shape index (κ3) is 5.02. The van der Waals surface area contributed by atoms with E-state index in [0.717, 1.165) is 11.8 Å². The van der Waals surface area contributed by atoms with Crippen LogP contribution < -0.4 is 20.3 Å². The molecule has 0 spiro atoms. The molecule has 1 aromatic heterocycles. The number of hydrogen-bond acceptors (Lipinski definition) is 8. The van der Waals surface area contributed by atoms with E-state index in [0.29, 0.717) is 27.9 Å².